The number of rotatable bonds is 11. The van der Waals surface area contributed by atoms with Gasteiger partial charge in [-0.05, 0) is 50.2 Å². The molecule has 138 valence electrons. The zero-order valence-electron chi connectivity index (χ0n) is 16.7. The topological polar surface area (TPSA) is 15.7 Å². The molecule has 1 rings (SSSR count). The highest BCUT2D eigenvalue weighted by molar-refractivity contribution is 4.81. The van der Waals surface area contributed by atoms with Gasteiger partial charge in [-0.25, -0.2) is 0 Å². The van der Waals surface area contributed by atoms with Gasteiger partial charge in [-0.15, -0.1) is 0 Å². The molecule has 3 nitrogen and oxygen atoms in total. The van der Waals surface area contributed by atoms with Gasteiger partial charge in [0.1, 0.15) is 0 Å². The van der Waals surface area contributed by atoms with Gasteiger partial charge >= 0.3 is 0 Å². The first kappa shape index (κ1) is 20.9. The SMILES string of the molecule is CCN(CC)CCN(CC)CCO[C@@H]1C[C@H](C)CC[C@H]1C(C)C. The molecule has 1 saturated carbocycles. The third-order valence-corrected chi connectivity index (χ3v) is 5.77. The largest absolute Gasteiger partial charge is 0.377 e. The Morgan fingerprint density at radius 2 is 1.52 bits per heavy atom. The Kier molecular flexibility index (Phi) is 10.4. The maximum atomic E-state index is 6.36. The van der Waals surface area contributed by atoms with Crippen LogP contribution >= 0.6 is 0 Å². The van der Waals surface area contributed by atoms with Crippen molar-refractivity contribution in [2.45, 2.75) is 66.9 Å². The Labute approximate surface area is 145 Å². The van der Waals surface area contributed by atoms with Crippen LogP contribution in [0.15, 0.2) is 0 Å². The molecule has 1 fully saturated rings. The minimum atomic E-state index is 0.486. The molecule has 0 radical (unpaired) electrons. The number of likely N-dealkylation sites (N-methyl/N-ethyl adjacent to an activating group) is 2. The van der Waals surface area contributed by atoms with Gasteiger partial charge in [-0.2, -0.15) is 0 Å². The van der Waals surface area contributed by atoms with Crippen molar-refractivity contribution in [1.82, 2.24) is 9.80 Å². The van der Waals surface area contributed by atoms with E-state index in [2.05, 4.69) is 51.3 Å². The average molecular weight is 327 g/mol. The van der Waals surface area contributed by atoms with Gasteiger partial charge in [0, 0.05) is 19.6 Å². The van der Waals surface area contributed by atoms with Gasteiger partial charge in [-0.1, -0.05) is 48.0 Å². The van der Waals surface area contributed by atoms with Gasteiger partial charge in [0.25, 0.3) is 0 Å². The number of ether oxygens (including phenoxy) is 1. The molecule has 0 aromatic rings. The Hall–Kier alpha value is -0.120. The van der Waals surface area contributed by atoms with Crippen molar-refractivity contribution in [1.29, 1.82) is 0 Å². The molecule has 0 unspecified atom stereocenters. The van der Waals surface area contributed by atoms with Gasteiger partial charge in [0.05, 0.1) is 12.7 Å². The highest BCUT2D eigenvalue weighted by Gasteiger charge is 2.31. The number of hydrogen-bond acceptors (Lipinski definition) is 3. The summed E-state index contributed by atoms with van der Waals surface area (Å²) in [6, 6.07) is 0. The fraction of sp³-hybridized carbons (Fsp3) is 1.00. The zero-order chi connectivity index (χ0) is 17.2. The summed E-state index contributed by atoms with van der Waals surface area (Å²) in [7, 11) is 0. The lowest BCUT2D eigenvalue weighted by atomic mass is 9.75. The summed E-state index contributed by atoms with van der Waals surface area (Å²) < 4.78 is 6.36. The van der Waals surface area contributed by atoms with Crippen molar-refractivity contribution in [3.63, 3.8) is 0 Å². The second kappa shape index (κ2) is 11.4. The number of hydrogen-bond donors (Lipinski definition) is 0. The molecule has 3 heteroatoms. The standard InChI is InChI=1S/C20H42N2O/c1-7-21(8-2)12-13-22(9-3)14-15-23-20-16-18(6)10-11-19(20)17(4)5/h17-20H,7-16H2,1-6H3/t18-,19+,20-/m1/s1. The van der Waals surface area contributed by atoms with Gasteiger partial charge in [0.2, 0.25) is 0 Å². The van der Waals surface area contributed by atoms with Crippen LogP contribution in [0.25, 0.3) is 0 Å². The highest BCUT2D eigenvalue weighted by Crippen LogP contribution is 2.35. The molecule has 3 atom stereocenters. The van der Waals surface area contributed by atoms with Gasteiger partial charge in [-0.3, -0.25) is 0 Å². The van der Waals surface area contributed by atoms with Gasteiger partial charge < -0.3 is 14.5 Å². The first-order valence-electron chi connectivity index (χ1n) is 10.1. The van der Waals surface area contributed by atoms with Crippen LogP contribution in [0.1, 0.15) is 60.8 Å². The zero-order valence-corrected chi connectivity index (χ0v) is 16.7. The fourth-order valence-corrected chi connectivity index (χ4v) is 3.89. The lowest BCUT2D eigenvalue weighted by molar-refractivity contribution is -0.0443. The Morgan fingerprint density at radius 1 is 0.913 bits per heavy atom. The summed E-state index contributed by atoms with van der Waals surface area (Å²) in [6.07, 6.45) is 4.48. The van der Waals surface area contributed by atoms with Crippen LogP contribution < -0.4 is 0 Å². The van der Waals surface area contributed by atoms with Crippen LogP contribution in [-0.4, -0.2) is 61.8 Å². The summed E-state index contributed by atoms with van der Waals surface area (Å²) in [5.41, 5.74) is 0. The molecule has 0 amide bonds. The molecule has 0 N–H and O–H groups in total. The Bertz CT molecular complexity index is 291. The van der Waals surface area contributed by atoms with E-state index < -0.39 is 0 Å². The van der Waals surface area contributed by atoms with E-state index >= 15 is 0 Å². The van der Waals surface area contributed by atoms with Crippen molar-refractivity contribution >= 4 is 0 Å². The van der Waals surface area contributed by atoms with Crippen molar-refractivity contribution in [3.8, 4) is 0 Å². The van der Waals surface area contributed by atoms with Crippen LogP contribution in [-0.2, 0) is 4.74 Å². The molecule has 0 aliphatic heterocycles. The van der Waals surface area contributed by atoms with Crippen LogP contribution in [0.5, 0.6) is 0 Å². The molecule has 0 bridgehead atoms. The van der Waals surface area contributed by atoms with Crippen molar-refractivity contribution in [2.75, 3.05) is 45.9 Å². The molecule has 0 saturated heterocycles. The molecule has 23 heavy (non-hydrogen) atoms. The lowest BCUT2D eigenvalue weighted by Crippen LogP contribution is -2.39. The van der Waals surface area contributed by atoms with Crippen molar-refractivity contribution in [3.05, 3.63) is 0 Å². The summed E-state index contributed by atoms with van der Waals surface area (Å²) in [4.78, 5) is 5.04. The average Bonchev–Trinajstić information content (AvgIpc) is 2.53. The summed E-state index contributed by atoms with van der Waals surface area (Å²) in [5, 5.41) is 0. The Balaban J connectivity index is 2.34. The third-order valence-electron chi connectivity index (χ3n) is 5.77. The Morgan fingerprint density at radius 3 is 2.09 bits per heavy atom. The van der Waals surface area contributed by atoms with Crippen molar-refractivity contribution < 1.29 is 4.74 Å². The van der Waals surface area contributed by atoms with Crippen LogP contribution in [0.3, 0.4) is 0 Å². The highest BCUT2D eigenvalue weighted by atomic mass is 16.5. The van der Waals surface area contributed by atoms with E-state index in [0.29, 0.717) is 6.10 Å². The molecule has 0 spiro atoms. The van der Waals surface area contributed by atoms with Crippen molar-refractivity contribution in [2.24, 2.45) is 17.8 Å². The van der Waals surface area contributed by atoms with E-state index in [1.54, 1.807) is 0 Å². The van der Waals surface area contributed by atoms with E-state index in [-0.39, 0.29) is 0 Å². The predicted molar refractivity (Wildman–Crippen MR) is 101 cm³/mol. The van der Waals surface area contributed by atoms with E-state index in [1.807, 2.05) is 0 Å². The maximum Gasteiger partial charge on any atom is 0.0608 e. The summed E-state index contributed by atoms with van der Waals surface area (Å²) >= 11 is 0. The van der Waals surface area contributed by atoms with Crippen LogP contribution in [0, 0.1) is 17.8 Å². The molecular weight excluding hydrogens is 284 g/mol. The second-order valence-corrected chi connectivity index (χ2v) is 7.70. The molecular formula is C20H42N2O. The molecule has 0 aromatic heterocycles. The minimum Gasteiger partial charge on any atom is -0.377 e. The molecule has 0 heterocycles. The van der Waals surface area contributed by atoms with E-state index in [9.17, 15) is 0 Å². The summed E-state index contributed by atoms with van der Waals surface area (Å²) in [6.45, 7) is 21.6. The lowest BCUT2D eigenvalue weighted by Gasteiger charge is -2.37. The quantitative estimate of drug-likeness (QED) is 0.568. The predicted octanol–water partition coefficient (Wildman–Crippen LogP) is 4.13. The molecule has 0 aromatic carbocycles. The molecule has 1 aliphatic carbocycles. The second-order valence-electron chi connectivity index (χ2n) is 7.70. The first-order chi connectivity index (χ1) is 11.0. The van der Waals surface area contributed by atoms with Crippen LogP contribution in [0.2, 0.25) is 0 Å². The van der Waals surface area contributed by atoms with E-state index in [0.717, 1.165) is 57.1 Å². The monoisotopic (exact) mass is 326 g/mol. The third kappa shape index (κ3) is 7.53. The van der Waals surface area contributed by atoms with E-state index in [1.165, 1.54) is 25.8 Å². The van der Waals surface area contributed by atoms with Crippen LogP contribution in [0.4, 0.5) is 0 Å². The minimum absolute atomic E-state index is 0.486. The molecule has 1 aliphatic rings. The first-order valence-corrected chi connectivity index (χ1v) is 10.1. The van der Waals surface area contributed by atoms with Gasteiger partial charge in [0.15, 0.2) is 0 Å². The van der Waals surface area contributed by atoms with E-state index in [4.69, 9.17) is 4.74 Å². The number of nitrogens with zero attached hydrogens (tertiary/aromatic N) is 2. The normalized spacial score (nSPS) is 25.7. The summed E-state index contributed by atoms with van der Waals surface area (Å²) in [5.74, 6) is 2.34. The maximum absolute atomic E-state index is 6.36. The fourth-order valence-electron chi connectivity index (χ4n) is 3.89. The smallest absolute Gasteiger partial charge is 0.0608 e.